The summed E-state index contributed by atoms with van der Waals surface area (Å²) in [4.78, 5) is 12.9. The number of hydrogen-bond acceptors (Lipinski definition) is 3. The van der Waals surface area contributed by atoms with Crippen LogP contribution in [0.2, 0.25) is 0 Å². The standard InChI is InChI=1S/C18H22N4/c1-12-6-5-11-19-17(12)15-9-4-10-16(20-15)18-21-13-7-2-3-8-14(13)22-18/h2,5-7,11,15-16,20H,3-4,8-10H2,1H3,(H,21,22). The number of aromatic nitrogens is 3. The van der Waals surface area contributed by atoms with Crippen molar-refractivity contribution < 1.29 is 0 Å². The topological polar surface area (TPSA) is 53.6 Å². The number of nitrogens with one attached hydrogen (secondary N) is 2. The second-order valence-electron chi connectivity index (χ2n) is 6.34. The van der Waals surface area contributed by atoms with Crippen molar-refractivity contribution in [3.8, 4) is 0 Å². The molecule has 1 aliphatic carbocycles. The molecular formula is C18H22N4. The van der Waals surface area contributed by atoms with Gasteiger partial charge in [0.2, 0.25) is 0 Å². The molecule has 2 unspecified atom stereocenters. The maximum Gasteiger partial charge on any atom is 0.124 e. The Morgan fingerprint density at radius 3 is 3.00 bits per heavy atom. The maximum atomic E-state index is 4.80. The molecule has 4 heteroatoms. The van der Waals surface area contributed by atoms with Crippen molar-refractivity contribution in [1.82, 2.24) is 20.3 Å². The Hall–Kier alpha value is -1.94. The molecule has 4 nitrogen and oxygen atoms in total. The third-order valence-corrected chi connectivity index (χ3v) is 4.76. The quantitative estimate of drug-likeness (QED) is 0.889. The molecule has 1 saturated heterocycles. The summed E-state index contributed by atoms with van der Waals surface area (Å²) in [6.07, 6.45) is 11.9. The van der Waals surface area contributed by atoms with Crippen LogP contribution in [0.4, 0.5) is 0 Å². The predicted molar refractivity (Wildman–Crippen MR) is 87.4 cm³/mol. The van der Waals surface area contributed by atoms with Crippen LogP contribution in [0.15, 0.2) is 24.4 Å². The summed E-state index contributed by atoms with van der Waals surface area (Å²) < 4.78 is 0. The van der Waals surface area contributed by atoms with E-state index < -0.39 is 0 Å². The van der Waals surface area contributed by atoms with Gasteiger partial charge in [0.25, 0.3) is 0 Å². The van der Waals surface area contributed by atoms with Gasteiger partial charge in [-0.3, -0.25) is 10.3 Å². The van der Waals surface area contributed by atoms with Gasteiger partial charge in [0.1, 0.15) is 5.82 Å². The lowest BCUT2D eigenvalue weighted by Crippen LogP contribution is -2.32. The molecule has 0 amide bonds. The minimum Gasteiger partial charge on any atom is -0.344 e. The number of aryl methyl sites for hydroxylation is 2. The summed E-state index contributed by atoms with van der Waals surface area (Å²) >= 11 is 0. The Labute approximate surface area is 131 Å². The van der Waals surface area contributed by atoms with Gasteiger partial charge >= 0.3 is 0 Å². The van der Waals surface area contributed by atoms with Crippen molar-refractivity contribution in [2.24, 2.45) is 0 Å². The summed E-state index contributed by atoms with van der Waals surface area (Å²) in [6, 6.07) is 4.78. The van der Waals surface area contributed by atoms with E-state index in [0.717, 1.165) is 37.2 Å². The molecule has 4 rings (SSSR count). The van der Waals surface area contributed by atoms with Crippen molar-refractivity contribution >= 4 is 6.08 Å². The van der Waals surface area contributed by atoms with Crippen LogP contribution in [-0.2, 0) is 6.42 Å². The van der Waals surface area contributed by atoms with Crippen molar-refractivity contribution in [3.63, 3.8) is 0 Å². The van der Waals surface area contributed by atoms with E-state index in [1.54, 1.807) is 0 Å². The number of pyridine rings is 1. The van der Waals surface area contributed by atoms with Gasteiger partial charge in [0.15, 0.2) is 0 Å². The van der Waals surface area contributed by atoms with E-state index in [1.807, 2.05) is 12.3 Å². The second kappa shape index (κ2) is 5.69. The Bertz CT molecular complexity index is 701. The zero-order chi connectivity index (χ0) is 14.9. The zero-order valence-corrected chi connectivity index (χ0v) is 13.0. The van der Waals surface area contributed by atoms with Gasteiger partial charge in [-0.05, 0) is 56.7 Å². The lowest BCUT2D eigenvalue weighted by atomic mass is 9.94. The third-order valence-electron chi connectivity index (χ3n) is 4.76. The Morgan fingerprint density at radius 2 is 2.14 bits per heavy atom. The molecule has 0 radical (unpaired) electrons. The molecule has 2 atom stereocenters. The number of allylic oxidation sites excluding steroid dienone is 1. The van der Waals surface area contributed by atoms with Gasteiger partial charge in [-0.1, -0.05) is 12.1 Å². The molecule has 1 aliphatic heterocycles. The summed E-state index contributed by atoms with van der Waals surface area (Å²) in [5, 5.41) is 3.76. The van der Waals surface area contributed by atoms with Gasteiger partial charge < -0.3 is 4.98 Å². The smallest absolute Gasteiger partial charge is 0.124 e. The number of imidazole rings is 1. The van der Waals surface area contributed by atoms with Gasteiger partial charge in [0.05, 0.1) is 23.5 Å². The molecule has 2 aromatic rings. The van der Waals surface area contributed by atoms with Crippen LogP contribution in [0.25, 0.3) is 6.08 Å². The van der Waals surface area contributed by atoms with Crippen LogP contribution in [0.5, 0.6) is 0 Å². The highest BCUT2D eigenvalue weighted by atomic mass is 15.1. The van der Waals surface area contributed by atoms with Crippen LogP contribution < -0.4 is 5.32 Å². The third kappa shape index (κ3) is 2.48. The fraction of sp³-hybridized carbons (Fsp3) is 0.444. The maximum absolute atomic E-state index is 4.80. The average molecular weight is 294 g/mol. The molecule has 0 saturated carbocycles. The highest BCUT2D eigenvalue weighted by Crippen LogP contribution is 2.32. The minimum atomic E-state index is 0.305. The summed E-state index contributed by atoms with van der Waals surface area (Å²) in [6.45, 7) is 2.14. The van der Waals surface area contributed by atoms with Crippen molar-refractivity contribution in [2.75, 3.05) is 0 Å². The molecule has 114 valence electrons. The first-order valence-corrected chi connectivity index (χ1v) is 8.24. The van der Waals surface area contributed by atoms with Gasteiger partial charge in [-0.2, -0.15) is 0 Å². The molecule has 0 spiro atoms. The number of hydrogen-bond donors (Lipinski definition) is 2. The van der Waals surface area contributed by atoms with E-state index in [9.17, 15) is 0 Å². The molecule has 2 aromatic heterocycles. The molecule has 0 bridgehead atoms. The molecule has 3 heterocycles. The molecule has 1 fully saturated rings. The van der Waals surface area contributed by atoms with Crippen molar-refractivity contribution in [1.29, 1.82) is 0 Å². The van der Waals surface area contributed by atoms with Crippen molar-refractivity contribution in [2.45, 2.75) is 51.1 Å². The first kappa shape index (κ1) is 13.7. The first-order chi connectivity index (χ1) is 10.8. The monoisotopic (exact) mass is 294 g/mol. The normalized spacial score (nSPS) is 24.2. The minimum absolute atomic E-state index is 0.305. The second-order valence-corrected chi connectivity index (χ2v) is 6.34. The summed E-state index contributed by atoms with van der Waals surface area (Å²) in [5.74, 6) is 1.09. The lowest BCUT2D eigenvalue weighted by molar-refractivity contribution is 0.316. The summed E-state index contributed by atoms with van der Waals surface area (Å²) in [7, 11) is 0. The Morgan fingerprint density at radius 1 is 1.23 bits per heavy atom. The highest BCUT2D eigenvalue weighted by molar-refractivity contribution is 5.50. The lowest BCUT2D eigenvalue weighted by Gasteiger charge is -2.30. The van der Waals surface area contributed by atoms with E-state index in [1.165, 1.54) is 23.4 Å². The van der Waals surface area contributed by atoms with Crippen LogP contribution in [0, 0.1) is 6.92 Å². The molecule has 0 aromatic carbocycles. The predicted octanol–water partition coefficient (Wildman–Crippen LogP) is 3.63. The first-order valence-electron chi connectivity index (χ1n) is 8.24. The number of aromatic amines is 1. The fourth-order valence-corrected chi connectivity index (χ4v) is 3.59. The number of fused-ring (bicyclic) bond motifs is 1. The van der Waals surface area contributed by atoms with Gasteiger partial charge in [0, 0.05) is 11.9 Å². The number of nitrogens with zero attached hydrogens (tertiary/aromatic N) is 2. The molecule has 2 aliphatic rings. The van der Waals surface area contributed by atoms with E-state index in [4.69, 9.17) is 4.98 Å². The van der Waals surface area contributed by atoms with E-state index in [2.05, 4.69) is 40.4 Å². The Kier molecular flexibility index (Phi) is 3.54. The molecular weight excluding hydrogens is 272 g/mol. The fourth-order valence-electron chi connectivity index (χ4n) is 3.59. The molecule has 2 N–H and O–H groups in total. The van der Waals surface area contributed by atoms with Crippen LogP contribution >= 0.6 is 0 Å². The van der Waals surface area contributed by atoms with Crippen LogP contribution in [-0.4, -0.2) is 15.0 Å². The number of rotatable bonds is 2. The van der Waals surface area contributed by atoms with Gasteiger partial charge in [-0.15, -0.1) is 0 Å². The largest absolute Gasteiger partial charge is 0.344 e. The van der Waals surface area contributed by atoms with Crippen LogP contribution in [0.1, 0.15) is 66.2 Å². The molecule has 22 heavy (non-hydrogen) atoms. The van der Waals surface area contributed by atoms with Crippen molar-refractivity contribution in [3.05, 3.63) is 52.9 Å². The van der Waals surface area contributed by atoms with Crippen LogP contribution in [0.3, 0.4) is 0 Å². The number of H-pyrrole nitrogens is 1. The van der Waals surface area contributed by atoms with Gasteiger partial charge in [-0.25, -0.2) is 4.98 Å². The summed E-state index contributed by atoms with van der Waals surface area (Å²) in [5.41, 5.74) is 4.86. The Balaban J connectivity index is 1.57. The average Bonchev–Trinajstić information content (AvgIpc) is 2.99. The SMILES string of the molecule is Cc1cccnc1C1CCCC(c2nc3c([nH]2)CCC=C3)N1. The van der Waals surface area contributed by atoms with E-state index in [0.29, 0.717) is 12.1 Å². The highest BCUT2D eigenvalue weighted by Gasteiger charge is 2.27. The zero-order valence-electron chi connectivity index (χ0n) is 13.0. The number of piperidine rings is 1. The van der Waals surface area contributed by atoms with E-state index >= 15 is 0 Å². The van der Waals surface area contributed by atoms with E-state index in [-0.39, 0.29) is 0 Å².